The third-order valence-corrected chi connectivity index (χ3v) is 6.48. The number of carbonyl (C=O) groups is 1. The van der Waals surface area contributed by atoms with Gasteiger partial charge in [0, 0.05) is 38.3 Å². The van der Waals surface area contributed by atoms with Crippen molar-refractivity contribution in [2.24, 2.45) is 0 Å². The average molecular weight is 410 g/mol. The van der Waals surface area contributed by atoms with Crippen LogP contribution in [0.3, 0.4) is 0 Å². The number of fused-ring (bicyclic) bond motifs is 1. The number of amides is 1. The van der Waals surface area contributed by atoms with Gasteiger partial charge in [-0.3, -0.25) is 14.9 Å². The van der Waals surface area contributed by atoms with Crippen LogP contribution >= 0.6 is 11.3 Å². The molecule has 0 unspecified atom stereocenters. The lowest BCUT2D eigenvalue weighted by molar-refractivity contribution is -0.384. The zero-order chi connectivity index (χ0) is 20.5. The lowest BCUT2D eigenvalue weighted by Crippen LogP contribution is -2.49. The Kier molecular flexibility index (Phi) is 5.19. The van der Waals surface area contributed by atoms with Crippen LogP contribution in [-0.4, -0.2) is 46.9 Å². The zero-order valence-corrected chi connectivity index (χ0v) is 17.2. The summed E-state index contributed by atoms with van der Waals surface area (Å²) in [6.07, 6.45) is 0.423. The predicted octanol–water partition coefficient (Wildman–Crippen LogP) is 3.71. The second kappa shape index (κ2) is 7.79. The molecule has 0 atom stereocenters. The molecule has 4 rings (SSSR count). The number of hydrogen-bond acceptors (Lipinski definition) is 6. The van der Waals surface area contributed by atoms with E-state index in [1.54, 1.807) is 12.1 Å². The number of aryl methyl sites for hydroxylation is 2. The molecule has 150 valence electrons. The van der Waals surface area contributed by atoms with Crippen molar-refractivity contribution in [3.05, 3.63) is 63.2 Å². The average Bonchev–Trinajstić information content (AvgIpc) is 3.14. The quantitative estimate of drug-likeness (QED) is 0.484. The first-order chi connectivity index (χ1) is 13.9. The Hall–Kier alpha value is -3.00. The van der Waals surface area contributed by atoms with E-state index in [2.05, 4.69) is 35.9 Å². The summed E-state index contributed by atoms with van der Waals surface area (Å²) in [6.45, 7) is 6.86. The Morgan fingerprint density at radius 2 is 1.86 bits per heavy atom. The third-order valence-electron chi connectivity index (χ3n) is 5.40. The molecule has 1 fully saturated rings. The van der Waals surface area contributed by atoms with Crippen LogP contribution in [-0.2, 0) is 11.2 Å². The highest BCUT2D eigenvalue weighted by Gasteiger charge is 2.23. The first-order valence-electron chi connectivity index (χ1n) is 9.54. The Bertz CT molecular complexity index is 1090. The number of benzene rings is 2. The maximum absolute atomic E-state index is 12.7. The standard InChI is InChI=1S/C21H22N4O3S/c1-14-3-4-16(11-15(14)2)12-20(26)23-7-9-24(10-8-23)21-22-18-6-5-17(25(27)28)13-19(18)29-21/h3-6,11,13H,7-10,12H2,1-2H3. The molecular formula is C21H22N4O3S. The Morgan fingerprint density at radius 3 is 2.55 bits per heavy atom. The number of carbonyl (C=O) groups excluding carboxylic acids is 1. The van der Waals surface area contributed by atoms with Crippen LogP contribution in [0.2, 0.25) is 0 Å². The molecular weight excluding hydrogens is 388 g/mol. The highest BCUT2D eigenvalue weighted by atomic mass is 32.1. The molecule has 29 heavy (non-hydrogen) atoms. The van der Waals surface area contributed by atoms with E-state index in [0.29, 0.717) is 32.6 Å². The van der Waals surface area contributed by atoms with Gasteiger partial charge >= 0.3 is 0 Å². The van der Waals surface area contributed by atoms with Crippen LogP contribution < -0.4 is 4.90 Å². The number of nitrogens with zero attached hydrogens (tertiary/aromatic N) is 4. The molecule has 0 spiro atoms. The van der Waals surface area contributed by atoms with Crippen LogP contribution in [0.25, 0.3) is 10.2 Å². The molecule has 1 amide bonds. The van der Waals surface area contributed by atoms with E-state index in [-0.39, 0.29) is 11.6 Å². The fourth-order valence-corrected chi connectivity index (χ4v) is 4.55. The lowest BCUT2D eigenvalue weighted by atomic mass is 10.0. The Labute approximate surface area is 172 Å². The molecule has 0 N–H and O–H groups in total. The maximum Gasteiger partial charge on any atom is 0.270 e. The molecule has 2 heterocycles. The smallest absolute Gasteiger partial charge is 0.270 e. The molecule has 8 heteroatoms. The molecule has 1 saturated heterocycles. The number of rotatable bonds is 4. The van der Waals surface area contributed by atoms with Crippen molar-refractivity contribution in [2.45, 2.75) is 20.3 Å². The summed E-state index contributed by atoms with van der Waals surface area (Å²) < 4.78 is 0.808. The van der Waals surface area contributed by atoms with Gasteiger partial charge in [0.15, 0.2) is 5.13 Å². The van der Waals surface area contributed by atoms with Crippen molar-refractivity contribution >= 4 is 38.3 Å². The topological polar surface area (TPSA) is 79.6 Å². The molecule has 2 aromatic carbocycles. The van der Waals surface area contributed by atoms with Crippen LogP contribution in [0.4, 0.5) is 10.8 Å². The van der Waals surface area contributed by atoms with E-state index in [1.165, 1.54) is 28.5 Å². The summed E-state index contributed by atoms with van der Waals surface area (Å²) >= 11 is 1.46. The highest BCUT2D eigenvalue weighted by molar-refractivity contribution is 7.22. The zero-order valence-electron chi connectivity index (χ0n) is 16.4. The summed E-state index contributed by atoms with van der Waals surface area (Å²) in [5, 5.41) is 11.8. The van der Waals surface area contributed by atoms with E-state index in [1.807, 2.05) is 11.0 Å². The summed E-state index contributed by atoms with van der Waals surface area (Å²) in [6, 6.07) is 10.9. The normalized spacial score (nSPS) is 14.4. The molecule has 0 saturated carbocycles. The monoisotopic (exact) mass is 410 g/mol. The number of nitro groups is 1. The van der Waals surface area contributed by atoms with Gasteiger partial charge in [0.1, 0.15) is 0 Å². The van der Waals surface area contributed by atoms with Crippen molar-refractivity contribution in [1.82, 2.24) is 9.88 Å². The largest absolute Gasteiger partial charge is 0.345 e. The predicted molar refractivity (Wildman–Crippen MR) is 115 cm³/mol. The minimum atomic E-state index is -0.390. The van der Waals surface area contributed by atoms with Crippen molar-refractivity contribution in [2.75, 3.05) is 31.1 Å². The lowest BCUT2D eigenvalue weighted by Gasteiger charge is -2.34. The van der Waals surface area contributed by atoms with Gasteiger partial charge in [-0.2, -0.15) is 0 Å². The van der Waals surface area contributed by atoms with Gasteiger partial charge in [0.05, 0.1) is 21.6 Å². The number of hydrogen-bond donors (Lipinski definition) is 0. The van der Waals surface area contributed by atoms with Gasteiger partial charge in [-0.1, -0.05) is 29.5 Å². The second-order valence-electron chi connectivity index (χ2n) is 7.37. The summed E-state index contributed by atoms with van der Waals surface area (Å²) in [5.74, 6) is 0.146. The van der Waals surface area contributed by atoms with Crippen LogP contribution in [0.5, 0.6) is 0 Å². The van der Waals surface area contributed by atoms with Crippen LogP contribution in [0.15, 0.2) is 36.4 Å². The Morgan fingerprint density at radius 1 is 1.10 bits per heavy atom. The molecule has 0 bridgehead atoms. The van der Waals surface area contributed by atoms with Gasteiger partial charge in [-0.05, 0) is 36.6 Å². The minimum absolute atomic E-state index is 0.0782. The number of nitro benzene ring substituents is 1. The molecule has 0 radical (unpaired) electrons. The van der Waals surface area contributed by atoms with Gasteiger partial charge in [0.25, 0.3) is 5.69 Å². The molecule has 3 aromatic rings. The number of non-ortho nitro benzene ring substituents is 1. The third kappa shape index (κ3) is 4.07. The SMILES string of the molecule is Cc1ccc(CC(=O)N2CCN(c3nc4ccc([N+](=O)[O-])cc4s3)CC2)cc1C. The maximum atomic E-state index is 12.7. The molecule has 1 aliphatic rings. The number of piperazine rings is 1. The van der Waals surface area contributed by atoms with E-state index >= 15 is 0 Å². The fourth-order valence-electron chi connectivity index (χ4n) is 3.50. The van der Waals surface area contributed by atoms with Gasteiger partial charge in [0.2, 0.25) is 5.91 Å². The van der Waals surface area contributed by atoms with Crippen molar-refractivity contribution in [3.8, 4) is 0 Å². The van der Waals surface area contributed by atoms with Crippen molar-refractivity contribution < 1.29 is 9.72 Å². The van der Waals surface area contributed by atoms with Crippen molar-refractivity contribution in [3.63, 3.8) is 0 Å². The van der Waals surface area contributed by atoms with E-state index in [9.17, 15) is 14.9 Å². The Balaban J connectivity index is 1.39. The number of aromatic nitrogens is 1. The van der Waals surface area contributed by atoms with Gasteiger partial charge < -0.3 is 9.80 Å². The van der Waals surface area contributed by atoms with E-state index in [4.69, 9.17) is 0 Å². The van der Waals surface area contributed by atoms with Crippen molar-refractivity contribution in [1.29, 1.82) is 0 Å². The van der Waals surface area contributed by atoms with E-state index in [0.717, 1.165) is 20.9 Å². The van der Waals surface area contributed by atoms with Crippen LogP contribution in [0, 0.1) is 24.0 Å². The highest BCUT2D eigenvalue weighted by Crippen LogP contribution is 2.31. The first kappa shape index (κ1) is 19.3. The number of thiazole rings is 1. The molecule has 1 aromatic heterocycles. The summed E-state index contributed by atoms with van der Waals surface area (Å²) in [5.41, 5.74) is 4.33. The summed E-state index contributed by atoms with van der Waals surface area (Å²) in [4.78, 5) is 31.9. The van der Waals surface area contributed by atoms with Gasteiger partial charge in [-0.25, -0.2) is 4.98 Å². The van der Waals surface area contributed by atoms with E-state index < -0.39 is 4.92 Å². The fraction of sp³-hybridized carbons (Fsp3) is 0.333. The first-order valence-corrected chi connectivity index (χ1v) is 10.4. The molecule has 1 aliphatic heterocycles. The molecule has 0 aliphatic carbocycles. The van der Waals surface area contributed by atoms with Gasteiger partial charge in [-0.15, -0.1) is 0 Å². The minimum Gasteiger partial charge on any atom is -0.345 e. The number of anilines is 1. The van der Waals surface area contributed by atoms with Crippen LogP contribution in [0.1, 0.15) is 16.7 Å². The second-order valence-corrected chi connectivity index (χ2v) is 8.38. The summed E-state index contributed by atoms with van der Waals surface area (Å²) in [7, 11) is 0. The molecule has 7 nitrogen and oxygen atoms in total.